The second-order valence-corrected chi connectivity index (χ2v) is 4.89. The number of hydrogen-bond donors (Lipinski definition) is 1. The van der Waals surface area contributed by atoms with Gasteiger partial charge >= 0.3 is 0 Å². The molecule has 1 rings (SSSR count). The van der Waals surface area contributed by atoms with Crippen molar-refractivity contribution >= 4 is 5.69 Å². The molecule has 0 spiro atoms. The molecular weight excluding hydrogens is 215 g/mol. The Labute approximate surface area is 104 Å². The van der Waals surface area contributed by atoms with Crippen LogP contribution in [0, 0.1) is 11.9 Å². The Morgan fingerprint density at radius 2 is 2.00 bits per heavy atom. The number of rotatable bonds is 8. The van der Waals surface area contributed by atoms with Crippen LogP contribution in [0.1, 0.15) is 46.0 Å². The topological polar surface area (TPSA) is 24.9 Å². The van der Waals surface area contributed by atoms with Crippen LogP contribution in [0.5, 0.6) is 0 Å². The predicted octanol–water partition coefficient (Wildman–Crippen LogP) is 4.24. The number of pyridine rings is 1. The van der Waals surface area contributed by atoms with Crippen molar-refractivity contribution in [3.8, 4) is 0 Å². The number of nitrogens with one attached hydrogen (secondary N) is 1. The molecular formula is C14H23FN2. The monoisotopic (exact) mass is 238 g/mol. The summed E-state index contributed by atoms with van der Waals surface area (Å²) in [7, 11) is 0. The number of unbranched alkanes of at least 4 members (excludes halogenated alkanes) is 3. The third-order valence-electron chi connectivity index (χ3n) is 2.76. The van der Waals surface area contributed by atoms with Gasteiger partial charge in [0.1, 0.15) is 0 Å². The molecule has 0 aliphatic carbocycles. The molecule has 1 aromatic heterocycles. The number of halogens is 1. The van der Waals surface area contributed by atoms with Crippen LogP contribution in [0.15, 0.2) is 18.3 Å². The Hall–Kier alpha value is -1.12. The molecule has 2 nitrogen and oxygen atoms in total. The summed E-state index contributed by atoms with van der Waals surface area (Å²) in [4.78, 5) is 3.52. The van der Waals surface area contributed by atoms with Crippen LogP contribution in [-0.2, 0) is 0 Å². The quantitative estimate of drug-likeness (QED) is 0.541. The molecule has 0 unspecified atom stereocenters. The van der Waals surface area contributed by atoms with E-state index in [9.17, 15) is 4.39 Å². The fourth-order valence-electron chi connectivity index (χ4n) is 1.78. The first-order valence-electron chi connectivity index (χ1n) is 6.54. The third-order valence-corrected chi connectivity index (χ3v) is 2.76. The van der Waals surface area contributed by atoms with Gasteiger partial charge in [0, 0.05) is 24.5 Å². The summed E-state index contributed by atoms with van der Waals surface area (Å²) >= 11 is 0. The van der Waals surface area contributed by atoms with Gasteiger partial charge in [-0.05, 0) is 18.4 Å². The fourth-order valence-corrected chi connectivity index (χ4v) is 1.78. The third kappa shape index (κ3) is 6.93. The minimum absolute atomic E-state index is 0.424. The molecule has 1 heterocycles. The van der Waals surface area contributed by atoms with Crippen molar-refractivity contribution in [2.75, 3.05) is 11.9 Å². The molecule has 0 saturated carbocycles. The van der Waals surface area contributed by atoms with Gasteiger partial charge in [-0.25, -0.2) is 4.98 Å². The van der Waals surface area contributed by atoms with Gasteiger partial charge in [0.25, 0.3) is 0 Å². The Bertz CT molecular complexity index is 313. The predicted molar refractivity (Wildman–Crippen MR) is 70.6 cm³/mol. The molecule has 0 fully saturated rings. The molecule has 1 aromatic rings. The molecule has 0 amide bonds. The lowest BCUT2D eigenvalue weighted by Gasteiger charge is -2.06. The summed E-state index contributed by atoms with van der Waals surface area (Å²) in [6.45, 7) is 5.43. The van der Waals surface area contributed by atoms with Crippen molar-refractivity contribution in [1.29, 1.82) is 0 Å². The summed E-state index contributed by atoms with van der Waals surface area (Å²) in [5, 5.41) is 3.21. The number of nitrogens with zero attached hydrogens (tertiary/aromatic N) is 1. The number of aromatic nitrogens is 1. The highest BCUT2D eigenvalue weighted by Crippen LogP contribution is 2.10. The van der Waals surface area contributed by atoms with Gasteiger partial charge in [0.2, 0.25) is 5.95 Å². The van der Waals surface area contributed by atoms with Gasteiger partial charge in [0.15, 0.2) is 0 Å². The normalized spacial score (nSPS) is 10.8. The lowest BCUT2D eigenvalue weighted by molar-refractivity contribution is 0.523. The van der Waals surface area contributed by atoms with Crippen molar-refractivity contribution in [3.05, 3.63) is 24.3 Å². The molecule has 17 heavy (non-hydrogen) atoms. The van der Waals surface area contributed by atoms with Gasteiger partial charge in [0.05, 0.1) is 0 Å². The van der Waals surface area contributed by atoms with Gasteiger partial charge in [-0.2, -0.15) is 4.39 Å². The smallest absolute Gasteiger partial charge is 0.214 e. The molecule has 3 heteroatoms. The van der Waals surface area contributed by atoms with E-state index in [1.807, 2.05) is 0 Å². The van der Waals surface area contributed by atoms with Gasteiger partial charge in [-0.1, -0.05) is 39.5 Å². The van der Waals surface area contributed by atoms with Crippen LogP contribution < -0.4 is 5.32 Å². The van der Waals surface area contributed by atoms with Gasteiger partial charge in [-0.3, -0.25) is 0 Å². The molecule has 96 valence electrons. The molecule has 0 saturated heterocycles. The van der Waals surface area contributed by atoms with Crippen molar-refractivity contribution in [1.82, 2.24) is 4.98 Å². The van der Waals surface area contributed by atoms with E-state index in [4.69, 9.17) is 0 Å². The van der Waals surface area contributed by atoms with E-state index in [-0.39, 0.29) is 0 Å². The van der Waals surface area contributed by atoms with E-state index in [1.54, 1.807) is 6.07 Å². The summed E-state index contributed by atoms with van der Waals surface area (Å²) in [6.07, 6.45) is 7.81. The van der Waals surface area contributed by atoms with Crippen molar-refractivity contribution in [3.63, 3.8) is 0 Å². The fraction of sp³-hybridized carbons (Fsp3) is 0.643. The minimum atomic E-state index is -0.424. The average Bonchev–Trinajstić information content (AvgIpc) is 2.27. The number of hydrogen-bond acceptors (Lipinski definition) is 2. The van der Waals surface area contributed by atoms with E-state index in [0.717, 1.165) is 24.6 Å². The maximum absolute atomic E-state index is 12.8. The Kier molecular flexibility index (Phi) is 6.60. The second kappa shape index (κ2) is 8.04. The summed E-state index contributed by atoms with van der Waals surface area (Å²) in [6, 6.07) is 3.22. The summed E-state index contributed by atoms with van der Waals surface area (Å²) in [5.41, 5.74) is 0.819. The average molecular weight is 238 g/mol. The lowest BCUT2D eigenvalue weighted by atomic mass is 10.0. The zero-order chi connectivity index (χ0) is 12.5. The Morgan fingerprint density at radius 1 is 1.24 bits per heavy atom. The highest BCUT2D eigenvalue weighted by molar-refractivity contribution is 5.40. The zero-order valence-corrected chi connectivity index (χ0v) is 10.9. The first kappa shape index (κ1) is 13.9. The lowest BCUT2D eigenvalue weighted by Crippen LogP contribution is -2.02. The van der Waals surface area contributed by atoms with Crippen LogP contribution in [0.2, 0.25) is 0 Å². The van der Waals surface area contributed by atoms with Crippen molar-refractivity contribution in [2.45, 2.75) is 46.0 Å². The standard InChI is InChI=1S/C14H23FN2/c1-12(2)7-5-3-4-6-9-16-13-8-10-17-14(15)11-13/h8,10-12H,3-7,9H2,1-2H3,(H,16,17). The molecule has 0 aromatic carbocycles. The molecule has 1 N–H and O–H groups in total. The van der Waals surface area contributed by atoms with Crippen molar-refractivity contribution < 1.29 is 4.39 Å². The van der Waals surface area contributed by atoms with Gasteiger partial charge < -0.3 is 5.32 Å². The van der Waals surface area contributed by atoms with Crippen LogP contribution in [0.4, 0.5) is 10.1 Å². The van der Waals surface area contributed by atoms with E-state index >= 15 is 0 Å². The summed E-state index contributed by atoms with van der Waals surface area (Å²) in [5.74, 6) is 0.389. The number of anilines is 1. The maximum Gasteiger partial charge on any atom is 0.214 e. The van der Waals surface area contributed by atoms with E-state index < -0.39 is 5.95 Å². The van der Waals surface area contributed by atoms with E-state index in [1.165, 1.54) is 37.9 Å². The van der Waals surface area contributed by atoms with Crippen LogP contribution in [0.25, 0.3) is 0 Å². The first-order chi connectivity index (χ1) is 8.18. The van der Waals surface area contributed by atoms with Crippen LogP contribution in [-0.4, -0.2) is 11.5 Å². The molecule has 0 bridgehead atoms. The maximum atomic E-state index is 12.8. The highest BCUT2D eigenvalue weighted by Gasteiger charge is 1.96. The van der Waals surface area contributed by atoms with Crippen LogP contribution in [0.3, 0.4) is 0 Å². The minimum Gasteiger partial charge on any atom is -0.385 e. The van der Waals surface area contributed by atoms with E-state index in [0.29, 0.717) is 0 Å². The molecule has 0 radical (unpaired) electrons. The highest BCUT2D eigenvalue weighted by atomic mass is 19.1. The second-order valence-electron chi connectivity index (χ2n) is 4.89. The van der Waals surface area contributed by atoms with Crippen LogP contribution >= 0.6 is 0 Å². The molecule has 0 aliphatic rings. The molecule has 0 atom stereocenters. The Morgan fingerprint density at radius 3 is 2.71 bits per heavy atom. The first-order valence-corrected chi connectivity index (χ1v) is 6.54. The van der Waals surface area contributed by atoms with E-state index in [2.05, 4.69) is 24.1 Å². The van der Waals surface area contributed by atoms with Crippen molar-refractivity contribution in [2.24, 2.45) is 5.92 Å². The van der Waals surface area contributed by atoms with Gasteiger partial charge in [-0.15, -0.1) is 0 Å². The molecule has 0 aliphatic heterocycles. The summed E-state index contributed by atoms with van der Waals surface area (Å²) < 4.78 is 12.8. The Balaban J connectivity index is 2.01. The SMILES string of the molecule is CC(C)CCCCCCNc1ccnc(F)c1. The largest absolute Gasteiger partial charge is 0.385 e. The zero-order valence-electron chi connectivity index (χ0n) is 10.9.